The van der Waals surface area contributed by atoms with Gasteiger partial charge in [0.15, 0.2) is 11.5 Å². The Hall–Kier alpha value is -3.00. The monoisotopic (exact) mass is 413 g/mol. The number of ether oxygens (including phenoxy) is 2. The van der Waals surface area contributed by atoms with Crippen molar-refractivity contribution < 1.29 is 18.7 Å². The van der Waals surface area contributed by atoms with Crippen molar-refractivity contribution in [3.05, 3.63) is 48.0 Å². The van der Waals surface area contributed by atoms with Crippen LogP contribution in [0.25, 0.3) is 11.5 Å². The summed E-state index contributed by atoms with van der Waals surface area (Å²) < 4.78 is 16.2. The number of thioether (sulfide) groups is 1. The van der Waals surface area contributed by atoms with Crippen LogP contribution in [0.5, 0.6) is 11.5 Å². The van der Waals surface area contributed by atoms with Crippen molar-refractivity contribution in [3.8, 4) is 23.0 Å². The van der Waals surface area contributed by atoms with Crippen LogP contribution in [0.1, 0.15) is 19.4 Å². The molecule has 0 bridgehead atoms. The molecule has 0 radical (unpaired) electrons. The maximum Gasteiger partial charge on any atom is 0.277 e. The van der Waals surface area contributed by atoms with Crippen molar-refractivity contribution in [3.63, 3.8) is 0 Å². The van der Waals surface area contributed by atoms with Gasteiger partial charge in [-0.25, -0.2) is 0 Å². The number of rotatable bonds is 8. The molecule has 0 aliphatic rings. The van der Waals surface area contributed by atoms with E-state index in [0.717, 1.165) is 12.1 Å². The maximum atomic E-state index is 12.4. The van der Waals surface area contributed by atoms with E-state index < -0.39 is 5.25 Å². The highest BCUT2D eigenvalue weighted by atomic mass is 32.2. The first-order valence-corrected chi connectivity index (χ1v) is 10.0. The number of hydrogen-bond donors (Lipinski definition) is 1. The van der Waals surface area contributed by atoms with Gasteiger partial charge in [0.2, 0.25) is 11.8 Å². The first-order valence-electron chi connectivity index (χ1n) is 9.16. The lowest BCUT2D eigenvalue weighted by Crippen LogP contribution is -2.22. The lowest BCUT2D eigenvalue weighted by atomic mass is 10.1. The van der Waals surface area contributed by atoms with E-state index in [9.17, 15) is 4.79 Å². The number of amides is 1. The van der Waals surface area contributed by atoms with Crippen LogP contribution in [0, 0.1) is 0 Å². The summed E-state index contributed by atoms with van der Waals surface area (Å²) >= 11 is 1.20. The summed E-state index contributed by atoms with van der Waals surface area (Å²) in [5, 5.41) is 10.9. The molecule has 0 unspecified atom stereocenters. The molecule has 0 saturated carbocycles. The molecule has 1 atom stereocenters. The summed E-state index contributed by atoms with van der Waals surface area (Å²) in [6, 6.07) is 13.1. The van der Waals surface area contributed by atoms with Crippen molar-refractivity contribution in [2.24, 2.45) is 0 Å². The summed E-state index contributed by atoms with van der Waals surface area (Å²) in [6.45, 7) is 3.88. The quantitative estimate of drug-likeness (QED) is 0.547. The van der Waals surface area contributed by atoms with Crippen molar-refractivity contribution in [2.45, 2.75) is 30.7 Å². The van der Waals surface area contributed by atoms with Crippen molar-refractivity contribution >= 4 is 23.4 Å². The minimum Gasteiger partial charge on any atom is -0.493 e. The highest BCUT2D eigenvalue weighted by Crippen LogP contribution is 2.33. The molecule has 7 nitrogen and oxygen atoms in total. The second kappa shape index (κ2) is 9.47. The number of aryl methyl sites for hydroxylation is 1. The zero-order chi connectivity index (χ0) is 20.8. The Morgan fingerprint density at radius 1 is 1.10 bits per heavy atom. The summed E-state index contributed by atoms with van der Waals surface area (Å²) in [4.78, 5) is 12.4. The zero-order valence-electron chi connectivity index (χ0n) is 16.8. The first kappa shape index (κ1) is 20.7. The first-order chi connectivity index (χ1) is 14.0. The number of nitrogens with zero attached hydrogens (tertiary/aromatic N) is 2. The SMILES string of the molecule is CCc1ccc(NC(=O)[C@@H](C)Sc2nnc(-c3ccc(OC)c(OC)c3)o2)cc1. The Kier molecular flexibility index (Phi) is 6.77. The van der Waals surface area contributed by atoms with E-state index in [1.54, 1.807) is 39.3 Å². The largest absolute Gasteiger partial charge is 0.493 e. The number of nitrogens with one attached hydrogen (secondary N) is 1. The minimum atomic E-state index is -0.403. The predicted octanol–water partition coefficient (Wildman–Crippen LogP) is 4.44. The third kappa shape index (κ3) is 5.08. The highest BCUT2D eigenvalue weighted by Gasteiger charge is 2.19. The number of benzene rings is 2. The van der Waals surface area contributed by atoms with Gasteiger partial charge >= 0.3 is 0 Å². The van der Waals surface area contributed by atoms with Crippen molar-refractivity contribution in [1.29, 1.82) is 0 Å². The van der Waals surface area contributed by atoms with Crippen molar-refractivity contribution in [2.75, 3.05) is 19.5 Å². The normalized spacial score (nSPS) is 11.7. The highest BCUT2D eigenvalue weighted by molar-refractivity contribution is 8.00. The van der Waals surface area contributed by atoms with Gasteiger partial charge in [-0.3, -0.25) is 4.79 Å². The molecule has 0 fully saturated rings. The molecule has 0 spiro atoms. The molecule has 1 amide bonds. The molecule has 8 heteroatoms. The summed E-state index contributed by atoms with van der Waals surface area (Å²) in [5.74, 6) is 1.39. The van der Waals surface area contributed by atoms with Gasteiger partial charge in [0.1, 0.15) is 0 Å². The summed E-state index contributed by atoms with van der Waals surface area (Å²) in [5.41, 5.74) is 2.69. The predicted molar refractivity (Wildman–Crippen MR) is 113 cm³/mol. The molecule has 1 heterocycles. The molecule has 0 aliphatic heterocycles. The lowest BCUT2D eigenvalue weighted by molar-refractivity contribution is -0.115. The third-order valence-electron chi connectivity index (χ3n) is 4.31. The van der Waals surface area contributed by atoms with Crippen molar-refractivity contribution in [1.82, 2.24) is 10.2 Å². The minimum absolute atomic E-state index is 0.134. The van der Waals surface area contributed by atoms with E-state index in [4.69, 9.17) is 13.9 Å². The average Bonchev–Trinajstić information content (AvgIpc) is 3.22. The number of methoxy groups -OCH3 is 2. The fourth-order valence-electron chi connectivity index (χ4n) is 2.62. The molecule has 1 N–H and O–H groups in total. The van der Waals surface area contributed by atoms with Gasteiger partial charge in [-0.15, -0.1) is 10.2 Å². The van der Waals surface area contributed by atoms with Crippen LogP contribution in [0.4, 0.5) is 5.69 Å². The Morgan fingerprint density at radius 3 is 2.48 bits per heavy atom. The molecule has 3 aromatic rings. The zero-order valence-corrected chi connectivity index (χ0v) is 17.6. The summed E-state index contributed by atoms with van der Waals surface area (Å²) in [7, 11) is 3.14. The average molecular weight is 413 g/mol. The molecule has 1 aromatic heterocycles. The van der Waals surface area contributed by atoms with Gasteiger partial charge in [-0.05, 0) is 49.2 Å². The number of hydrogen-bond acceptors (Lipinski definition) is 7. The fraction of sp³-hybridized carbons (Fsp3) is 0.286. The Morgan fingerprint density at radius 2 is 1.83 bits per heavy atom. The molecule has 29 heavy (non-hydrogen) atoms. The molecule has 0 aliphatic carbocycles. The number of carbonyl (C=O) groups excluding carboxylic acids is 1. The van der Waals surface area contributed by atoms with E-state index in [2.05, 4.69) is 22.4 Å². The van der Waals surface area contributed by atoms with Crippen LogP contribution in [-0.2, 0) is 11.2 Å². The fourth-order valence-corrected chi connectivity index (χ4v) is 3.30. The lowest BCUT2D eigenvalue weighted by Gasteiger charge is -2.10. The van der Waals surface area contributed by atoms with E-state index >= 15 is 0 Å². The van der Waals surface area contributed by atoms with E-state index in [1.807, 2.05) is 24.3 Å². The summed E-state index contributed by atoms with van der Waals surface area (Å²) in [6.07, 6.45) is 0.958. The number of aromatic nitrogens is 2. The standard InChI is InChI=1S/C21H23N3O4S/c1-5-14-6-9-16(10-7-14)22-19(25)13(2)29-21-24-23-20(28-21)15-8-11-17(26-3)18(12-15)27-4/h6-13H,5H2,1-4H3,(H,22,25)/t13-/m1/s1. The van der Waals surface area contributed by atoms with Gasteiger partial charge in [0, 0.05) is 11.3 Å². The molecule has 0 saturated heterocycles. The van der Waals surface area contributed by atoms with E-state index in [1.165, 1.54) is 17.3 Å². The molecule has 2 aromatic carbocycles. The smallest absolute Gasteiger partial charge is 0.277 e. The molecule has 152 valence electrons. The molecular formula is C21H23N3O4S. The van der Waals surface area contributed by atoms with Crippen LogP contribution in [0.3, 0.4) is 0 Å². The molecule has 3 rings (SSSR count). The van der Waals surface area contributed by atoms with Gasteiger partial charge in [0.05, 0.1) is 19.5 Å². The number of anilines is 1. The Bertz CT molecular complexity index is 972. The van der Waals surface area contributed by atoms with Crippen LogP contribution in [-0.4, -0.2) is 35.6 Å². The van der Waals surface area contributed by atoms with E-state index in [-0.39, 0.29) is 5.91 Å². The maximum absolute atomic E-state index is 12.4. The van der Waals surface area contributed by atoms with Gasteiger partial charge < -0.3 is 19.2 Å². The van der Waals surface area contributed by atoms with Crippen LogP contribution in [0.2, 0.25) is 0 Å². The van der Waals surface area contributed by atoms with Gasteiger partial charge in [-0.2, -0.15) is 0 Å². The second-order valence-corrected chi connectivity index (χ2v) is 7.53. The van der Waals surface area contributed by atoms with E-state index in [0.29, 0.717) is 28.2 Å². The van der Waals surface area contributed by atoms with Crippen LogP contribution in [0.15, 0.2) is 52.1 Å². The second-order valence-electron chi connectivity index (χ2n) is 6.24. The van der Waals surface area contributed by atoms with Crippen LogP contribution >= 0.6 is 11.8 Å². The van der Waals surface area contributed by atoms with Crippen LogP contribution < -0.4 is 14.8 Å². The Labute approximate surface area is 173 Å². The van der Waals surface area contributed by atoms with Gasteiger partial charge in [0.25, 0.3) is 5.22 Å². The molecular weight excluding hydrogens is 390 g/mol. The number of carbonyl (C=O) groups is 1. The topological polar surface area (TPSA) is 86.5 Å². The van der Waals surface area contributed by atoms with Gasteiger partial charge in [-0.1, -0.05) is 30.8 Å². The third-order valence-corrected chi connectivity index (χ3v) is 5.25. The Balaban J connectivity index is 1.65.